The Labute approximate surface area is 50.6 Å². The first kappa shape index (κ1) is 6.29. The van der Waals surface area contributed by atoms with Gasteiger partial charge in [-0.3, -0.25) is 0 Å². The minimum Gasteiger partial charge on any atom is -0.503 e. The summed E-state index contributed by atoms with van der Waals surface area (Å²) in [5, 5.41) is 0. The second-order valence-electron chi connectivity index (χ2n) is 1.14. The molecule has 1 aliphatic heterocycles. The molecular formula is C4H6NRu. The van der Waals surface area contributed by atoms with Crippen LogP contribution in [0.15, 0.2) is 4.99 Å². The van der Waals surface area contributed by atoms with Crippen molar-refractivity contribution in [2.45, 2.75) is 12.8 Å². The summed E-state index contributed by atoms with van der Waals surface area (Å²) >= 11 is 0. The molecule has 0 atom stereocenters. The zero-order chi connectivity index (χ0) is 3.54. The Morgan fingerprint density at radius 3 is 2.50 bits per heavy atom. The van der Waals surface area contributed by atoms with Gasteiger partial charge in [0.2, 0.25) is 0 Å². The average molecular weight is 169 g/mol. The standard InChI is InChI=1S/C4H6N.Ru/c1-2-4-5-3-1;/h1-3H2;/q-1;+1. The van der Waals surface area contributed by atoms with Crippen LogP contribution in [0.2, 0.25) is 0 Å². The van der Waals surface area contributed by atoms with Gasteiger partial charge in [0, 0.05) is 0 Å². The number of hydrogen-bond donors (Lipinski definition) is 0. The van der Waals surface area contributed by atoms with Crippen LogP contribution in [0, 0.1) is 0 Å². The molecule has 0 aromatic rings. The zero-order valence-corrected chi connectivity index (χ0v) is 5.16. The normalized spacial score (nSPS) is 17.3. The van der Waals surface area contributed by atoms with Crippen LogP contribution >= 0.6 is 0 Å². The minimum absolute atomic E-state index is 0. The second kappa shape index (κ2) is 3.48. The van der Waals surface area contributed by atoms with Crippen molar-refractivity contribution in [3.8, 4) is 0 Å². The second-order valence-corrected chi connectivity index (χ2v) is 1.14. The average Bonchev–Trinajstić information content (AvgIpc) is 1.76. The van der Waals surface area contributed by atoms with Crippen molar-refractivity contribution < 1.29 is 19.5 Å². The van der Waals surface area contributed by atoms with E-state index in [-0.39, 0.29) is 19.5 Å². The van der Waals surface area contributed by atoms with Crippen molar-refractivity contribution in [2.24, 2.45) is 4.99 Å². The van der Waals surface area contributed by atoms with Gasteiger partial charge < -0.3 is 11.2 Å². The van der Waals surface area contributed by atoms with E-state index in [2.05, 4.69) is 11.2 Å². The molecule has 0 saturated carbocycles. The quantitative estimate of drug-likeness (QED) is 0.374. The number of rotatable bonds is 0. The summed E-state index contributed by atoms with van der Waals surface area (Å²) in [5.74, 6) is 0. The van der Waals surface area contributed by atoms with Crippen molar-refractivity contribution in [2.75, 3.05) is 6.54 Å². The van der Waals surface area contributed by atoms with Crippen molar-refractivity contribution in [1.29, 1.82) is 0 Å². The molecule has 1 heterocycles. The summed E-state index contributed by atoms with van der Waals surface area (Å²) in [6, 6.07) is 0. The first-order valence-corrected chi connectivity index (χ1v) is 1.89. The molecule has 0 aliphatic carbocycles. The molecule has 35 valence electrons. The van der Waals surface area contributed by atoms with Gasteiger partial charge in [-0.05, 0) is 6.54 Å². The van der Waals surface area contributed by atoms with Gasteiger partial charge in [0.05, 0.1) is 0 Å². The first-order chi connectivity index (χ1) is 2.50. The molecule has 0 fully saturated rings. The van der Waals surface area contributed by atoms with Crippen LogP contribution in [-0.4, -0.2) is 12.8 Å². The third-order valence-electron chi connectivity index (χ3n) is 0.670. The van der Waals surface area contributed by atoms with Crippen LogP contribution in [0.1, 0.15) is 12.8 Å². The van der Waals surface area contributed by atoms with Crippen LogP contribution < -0.4 is 0 Å². The molecule has 1 aliphatic rings. The maximum atomic E-state index is 3.83. The van der Waals surface area contributed by atoms with Gasteiger partial charge in [0.25, 0.3) is 0 Å². The van der Waals surface area contributed by atoms with Crippen molar-refractivity contribution in [3.05, 3.63) is 0 Å². The summed E-state index contributed by atoms with van der Waals surface area (Å²) in [4.78, 5) is 3.83. The molecule has 0 spiro atoms. The minimum atomic E-state index is 0. The van der Waals surface area contributed by atoms with Crippen LogP contribution in [-0.2, 0) is 19.5 Å². The van der Waals surface area contributed by atoms with Gasteiger partial charge >= 0.3 is 19.5 Å². The summed E-state index contributed by atoms with van der Waals surface area (Å²) in [6.07, 6.45) is 5.15. The van der Waals surface area contributed by atoms with Crippen LogP contribution in [0.25, 0.3) is 0 Å². The number of aliphatic imine (C=N–C) groups is 1. The molecule has 1 rings (SSSR count). The maximum Gasteiger partial charge on any atom is 1.00 e. The van der Waals surface area contributed by atoms with E-state index < -0.39 is 0 Å². The van der Waals surface area contributed by atoms with Crippen LogP contribution in [0.4, 0.5) is 0 Å². The molecule has 0 saturated heterocycles. The Morgan fingerprint density at radius 2 is 2.33 bits per heavy atom. The van der Waals surface area contributed by atoms with Gasteiger partial charge in [-0.1, -0.05) is 6.42 Å². The Kier molecular flexibility index (Phi) is 3.65. The van der Waals surface area contributed by atoms with Gasteiger partial charge in [0.1, 0.15) is 0 Å². The molecule has 0 aromatic heterocycles. The molecule has 1 nitrogen and oxygen atoms in total. The fourth-order valence-corrected chi connectivity index (χ4v) is 0.395. The Bertz CT molecular complexity index is 45.5. The predicted molar refractivity (Wildman–Crippen MR) is 21.5 cm³/mol. The molecule has 0 unspecified atom stereocenters. The first-order valence-electron chi connectivity index (χ1n) is 1.89. The molecule has 6 heavy (non-hydrogen) atoms. The van der Waals surface area contributed by atoms with E-state index >= 15 is 0 Å². The summed E-state index contributed by atoms with van der Waals surface area (Å²) < 4.78 is 0. The monoisotopic (exact) mass is 170 g/mol. The van der Waals surface area contributed by atoms with E-state index in [0.717, 1.165) is 13.0 Å². The maximum absolute atomic E-state index is 3.83. The van der Waals surface area contributed by atoms with Gasteiger partial charge in [-0.25, -0.2) is 0 Å². The predicted octanol–water partition coefficient (Wildman–Crippen LogP) is 0.726. The van der Waals surface area contributed by atoms with E-state index in [1.165, 1.54) is 6.42 Å². The largest absolute Gasteiger partial charge is 1.00 e. The molecule has 0 bridgehead atoms. The van der Waals surface area contributed by atoms with E-state index in [9.17, 15) is 0 Å². The SMILES string of the molecule is [C-]1=NCCC1.[Ru+]. The topological polar surface area (TPSA) is 12.4 Å². The van der Waals surface area contributed by atoms with Gasteiger partial charge in [-0.2, -0.15) is 6.42 Å². The Hall–Kier alpha value is 0.293. The van der Waals surface area contributed by atoms with E-state index in [0.29, 0.717) is 0 Å². The fourth-order valence-electron chi connectivity index (χ4n) is 0.395. The van der Waals surface area contributed by atoms with Gasteiger partial charge in [-0.15, -0.1) is 0 Å². The number of hydrogen-bond acceptors (Lipinski definition) is 1. The molecule has 0 amide bonds. The summed E-state index contributed by atoms with van der Waals surface area (Å²) in [7, 11) is 0. The third kappa shape index (κ3) is 1.66. The van der Waals surface area contributed by atoms with Crippen LogP contribution in [0.5, 0.6) is 0 Å². The smallest absolute Gasteiger partial charge is 0.503 e. The van der Waals surface area contributed by atoms with Crippen molar-refractivity contribution >= 4 is 6.21 Å². The fraction of sp³-hybridized carbons (Fsp3) is 0.750. The summed E-state index contributed by atoms with van der Waals surface area (Å²) in [6.45, 7) is 1.01. The van der Waals surface area contributed by atoms with E-state index in [1.54, 1.807) is 0 Å². The molecule has 2 heteroatoms. The molecule has 1 radical (unpaired) electrons. The van der Waals surface area contributed by atoms with E-state index in [4.69, 9.17) is 0 Å². The third-order valence-corrected chi connectivity index (χ3v) is 0.670. The van der Waals surface area contributed by atoms with Crippen molar-refractivity contribution in [1.82, 2.24) is 0 Å². The Morgan fingerprint density at radius 1 is 1.50 bits per heavy atom. The zero-order valence-electron chi connectivity index (χ0n) is 3.42. The Balaban J connectivity index is 0.000000250. The van der Waals surface area contributed by atoms with Crippen molar-refractivity contribution in [3.63, 3.8) is 0 Å². The number of nitrogens with zero attached hydrogens (tertiary/aromatic N) is 1. The van der Waals surface area contributed by atoms with Crippen LogP contribution in [0.3, 0.4) is 0 Å². The van der Waals surface area contributed by atoms with Gasteiger partial charge in [0.15, 0.2) is 0 Å². The molecule has 0 N–H and O–H groups in total. The molecular weight excluding hydrogens is 163 g/mol. The summed E-state index contributed by atoms with van der Waals surface area (Å²) in [5.41, 5.74) is 0. The van der Waals surface area contributed by atoms with E-state index in [1.807, 2.05) is 0 Å². The molecule has 0 aromatic carbocycles.